The Balaban J connectivity index is 1.52. The highest BCUT2D eigenvalue weighted by Gasteiger charge is 2.06. The molecule has 3 aromatic rings. The summed E-state index contributed by atoms with van der Waals surface area (Å²) in [6.07, 6.45) is 4.42. The van der Waals surface area contributed by atoms with Crippen LogP contribution < -0.4 is 15.4 Å². The number of ether oxygens (including phenoxy) is 1. The molecule has 0 radical (unpaired) electrons. The minimum Gasteiger partial charge on any atom is -0.508 e. The summed E-state index contributed by atoms with van der Waals surface area (Å²) in [7, 11) is 3.33. The number of guanidine groups is 1. The average molecular weight is 393 g/mol. The number of aliphatic imine (C=N–C) groups is 1. The number of phenolic OH excluding ortho intramolecular Hbond substituents is 1. The molecule has 1 heterocycles. The van der Waals surface area contributed by atoms with Gasteiger partial charge in [0.05, 0.1) is 13.7 Å². The van der Waals surface area contributed by atoms with Gasteiger partial charge in [-0.15, -0.1) is 0 Å². The molecule has 152 valence electrons. The van der Waals surface area contributed by atoms with Crippen molar-refractivity contribution in [3.63, 3.8) is 0 Å². The van der Waals surface area contributed by atoms with E-state index in [9.17, 15) is 5.11 Å². The van der Waals surface area contributed by atoms with Gasteiger partial charge in [-0.1, -0.05) is 30.3 Å². The summed E-state index contributed by atoms with van der Waals surface area (Å²) in [5, 5.41) is 21.0. The Hall–Kier alpha value is -3.48. The Kier molecular flexibility index (Phi) is 7.10. The maximum Gasteiger partial charge on any atom is 0.191 e. The second kappa shape index (κ2) is 10.2. The number of methoxy groups -OCH3 is 1. The predicted molar refractivity (Wildman–Crippen MR) is 114 cm³/mol. The molecule has 0 fully saturated rings. The van der Waals surface area contributed by atoms with Crippen LogP contribution in [0.4, 0.5) is 0 Å². The second-order valence-electron chi connectivity index (χ2n) is 6.57. The quantitative estimate of drug-likeness (QED) is 0.405. The van der Waals surface area contributed by atoms with Crippen molar-refractivity contribution in [2.75, 3.05) is 20.7 Å². The van der Waals surface area contributed by atoms with Gasteiger partial charge in [0, 0.05) is 38.6 Å². The van der Waals surface area contributed by atoms with Crippen molar-refractivity contribution in [2.45, 2.75) is 19.5 Å². The average Bonchev–Trinajstić information content (AvgIpc) is 3.25. The molecule has 0 bridgehead atoms. The lowest BCUT2D eigenvalue weighted by molar-refractivity contribution is 0.406. The van der Waals surface area contributed by atoms with Gasteiger partial charge in [-0.25, -0.2) is 0 Å². The van der Waals surface area contributed by atoms with Crippen molar-refractivity contribution in [1.29, 1.82) is 0 Å². The summed E-state index contributed by atoms with van der Waals surface area (Å²) in [6, 6.07) is 15.6. The Morgan fingerprint density at radius 1 is 1.10 bits per heavy atom. The van der Waals surface area contributed by atoms with E-state index in [4.69, 9.17) is 4.74 Å². The Labute approximate surface area is 171 Å². The molecule has 0 aliphatic rings. The molecule has 0 aliphatic heterocycles. The fourth-order valence-electron chi connectivity index (χ4n) is 3.05. The SMILES string of the molecule is CN=C(NCCc1ccc(OC)cc1O)NCc1ccccc1Cn1cccn1. The van der Waals surface area contributed by atoms with Gasteiger partial charge in [0.2, 0.25) is 0 Å². The van der Waals surface area contributed by atoms with Crippen LogP contribution in [-0.4, -0.2) is 41.5 Å². The molecular weight excluding hydrogens is 366 g/mol. The zero-order chi connectivity index (χ0) is 20.5. The van der Waals surface area contributed by atoms with Crippen LogP contribution in [0.15, 0.2) is 65.9 Å². The van der Waals surface area contributed by atoms with Crippen LogP contribution in [0.1, 0.15) is 16.7 Å². The van der Waals surface area contributed by atoms with Crippen molar-refractivity contribution in [3.05, 3.63) is 77.6 Å². The fraction of sp³-hybridized carbons (Fsp3) is 0.273. The van der Waals surface area contributed by atoms with Crippen molar-refractivity contribution >= 4 is 5.96 Å². The summed E-state index contributed by atoms with van der Waals surface area (Å²) < 4.78 is 7.03. The van der Waals surface area contributed by atoms with Gasteiger partial charge in [0.15, 0.2) is 5.96 Å². The van der Waals surface area contributed by atoms with E-state index in [2.05, 4.69) is 32.9 Å². The Morgan fingerprint density at radius 2 is 1.93 bits per heavy atom. The van der Waals surface area contributed by atoms with E-state index in [-0.39, 0.29) is 5.75 Å². The van der Waals surface area contributed by atoms with Gasteiger partial charge < -0.3 is 20.5 Å². The van der Waals surface area contributed by atoms with Gasteiger partial charge in [-0.05, 0) is 35.2 Å². The summed E-state index contributed by atoms with van der Waals surface area (Å²) >= 11 is 0. The van der Waals surface area contributed by atoms with Gasteiger partial charge in [-0.3, -0.25) is 9.67 Å². The first-order valence-electron chi connectivity index (χ1n) is 9.54. The van der Waals surface area contributed by atoms with Gasteiger partial charge in [0.25, 0.3) is 0 Å². The Morgan fingerprint density at radius 3 is 2.62 bits per heavy atom. The number of hydrogen-bond donors (Lipinski definition) is 3. The topological polar surface area (TPSA) is 83.7 Å². The molecular formula is C22H27N5O2. The highest BCUT2D eigenvalue weighted by atomic mass is 16.5. The number of nitrogens with one attached hydrogen (secondary N) is 2. The molecule has 3 N–H and O–H groups in total. The molecule has 0 atom stereocenters. The van der Waals surface area contributed by atoms with Gasteiger partial charge in [0.1, 0.15) is 11.5 Å². The van der Waals surface area contributed by atoms with E-state index in [0.29, 0.717) is 31.2 Å². The van der Waals surface area contributed by atoms with E-state index in [1.54, 1.807) is 26.4 Å². The smallest absolute Gasteiger partial charge is 0.191 e. The normalized spacial score (nSPS) is 11.3. The number of aromatic hydroxyl groups is 1. The molecule has 7 nitrogen and oxygen atoms in total. The summed E-state index contributed by atoms with van der Waals surface area (Å²) in [5.74, 6) is 1.60. The maximum atomic E-state index is 10.1. The van der Waals surface area contributed by atoms with E-state index in [1.807, 2.05) is 41.2 Å². The highest BCUT2D eigenvalue weighted by molar-refractivity contribution is 5.79. The first-order chi connectivity index (χ1) is 14.2. The Bertz CT molecular complexity index is 938. The third-order valence-corrected chi connectivity index (χ3v) is 4.66. The van der Waals surface area contributed by atoms with E-state index >= 15 is 0 Å². The number of nitrogens with zero attached hydrogens (tertiary/aromatic N) is 3. The number of aromatic nitrogens is 2. The molecule has 2 aromatic carbocycles. The van der Waals surface area contributed by atoms with Crippen LogP contribution >= 0.6 is 0 Å². The molecule has 0 aliphatic carbocycles. The number of rotatable bonds is 8. The molecule has 1 aromatic heterocycles. The van der Waals surface area contributed by atoms with Crippen LogP contribution in [0.25, 0.3) is 0 Å². The summed E-state index contributed by atoms with van der Waals surface area (Å²) in [5.41, 5.74) is 3.26. The minimum atomic E-state index is 0.238. The molecule has 29 heavy (non-hydrogen) atoms. The van der Waals surface area contributed by atoms with Crippen LogP contribution in [0.5, 0.6) is 11.5 Å². The maximum absolute atomic E-state index is 10.1. The number of benzene rings is 2. The van der Waals surface area contributed by atoms with Crippen LogP contribution in [0.3, 0.4) is 0 Å². The zero-order valence-electron chi connectivity index (χ0n) is 16.8. The van der Waals surface area contributed by atoms with Crippen LogP contribution in [0.2, 0.25) is 0 Å². The van der Waals surface area contributed by atoms with E-state index < -0.39 is 0 Å². The lowest BCUT2D eigenvalue weighted by Gasteiger charge is -2.15. The van der Waals surface area contributed by atoms with Crippen LogP contribution in [-0.2, 0) is 19.5 Å². The fourth-order valence-corrected chi connectivity index (χ4v) is 3.05. The third-order valence-electron chi connectivity index (χ3n) is 4.66. The largest absolute Gasteiger partial charge is 0.508 e. The standard InChI is InChI=1S/C22H27N5O2/c1-23-22(24-12-10-17-8-9-20(29-2)14-21(17)28)25-15-18-6-3-4-7-19(18)16-27-13-5-11-26-27/h3-9,11,13-14,28H,10,12,15-16H2,1-2H3,(H2,23,24,25). The van der Waals surface area contributed by atoms with E-state index in [1.165, 1.54) is 11.1 Å². The predicted octanol–water partition coefficient (Wildman–Crippen LogP) is 2.55. The molecule has 0 spiro atoms. The van der Waals surface area contributed by atoms with Crippen molar-refractivity contribution in [1.82, 2.24) is 20.4 Å². The summed E-state index contributed by atoms with van der Waals surface area (Å²) in [6.45, 7) is 2.03. The molecule has 0 saturated carbocycles. The highest BCUT2D eigenvalue weighted by Crippen LogP contribution is 2.23. The number of phenols is 1. The van der Waals surface area contributed by atoms with Crippen LogP contribution in [0, 0.1) is 0 Å². The van der Waals surface area contributed by atoms with Crippen molar-refractivity contribution < 1.29 is 9.84 Å². The lowest BCUT2D eigenvalue weighted by Crippen LogP contribution is -2.38. The molecule has 7 heteroatoms. The minimum absolute atomic E-state index is 0.238. The molecule has 0 unspecified atom stereocenters. The van der Waals surface area contributed by atoms with Crippen molar-refractivity contribution in [3.8, 4) is 11.5 Å². The zero-order valence-corrected chi connectivity index (χ0v) is 16.8. The lowest BCUT2D eigenvalue weighted by atomic mass is 10.1. The van der Waals surface area contributed by atoms with Crippen molar-refractivity contribution in [2.24, 2.45) is 4.99 Å². The summed E-state index contributed by atoms with van der Waals surface area (Å²) in [4.78, 5) is 4.28. The number of hydrogen-bond acceptors (Lipinski definition) is 4. The first-order valence-corrected chi connectivity index (χ1v) is 9.54. The van der Waals surface area contributed by atoms with E-state index in [0.717, 1.165) is 12.1 Å². The second-order valence-corrected chi connectivity index (χ2v) is 6.57. The van der Waals surface area contributed by atoms with Gasteiger partial charge in [-0.2, -0.15) is 5.10 Å². The molecule has 3 rings (SSSR count). The third kappa shape index (κ3) is 5.75. The monoisotopic (exact) mass is 393 g/mol. The molecule has 0 saturated heterocycles. The first kappa shape index (κ1) is 20.3. The molecule has 0 amide bonds. The van der Waals surface area contributed by atoms with Gasteiger partial charge >= 0.3 is 0 Å².